The van der Waals surface area contributed by atoms with E-state index >= 15 is 0 Å². The molecule has 10 aromatic rings. The molecule has 4 nitrogen and oxygen atoms in total. The molecule has 0 unspecified atom stereocenters. The Kier molecular flexibility index (Phi) is 8.34. The molecule has 0 spiro atoms. The van der Waals surface area contributed by atoms with Gasteiger partial charge in [0.25, 0.3) is 0 Å². The predicted octanol–water partition coefficient (Wildman–Crippen LogP) is 13.7. The molecule has 0 amide bonds. The van der Waals surface area contributed by atoms with Crippen molar-refractivity contribution in [2.45, 2.75) is 6.92 Å². The zero-order valence-electron chi connectivity index (χ0n) is 30.7. The molecular weight excluding hydrogens is 683 g/mol. The Bertz CT molecular complexity index is 3010. The van der Waals surface area contributed by atoms with Gasteiger partial charge in [-0.2, -0.15) is 0 Å². The van der Waals surface area contributed by atoms with Crippen LogP contribution in [0.5, 0.6) is 0 Å². The Labute approximate surface area is 325 Å². The maximum atomic E-state index is 6.90. The fraction of sp³-hybridized carbons (Fsp3) is 0.0192. The first-order valence-corrected chi connectivity index (χ1v) is 18.9. The van der Waals surface area contributed by atoms with E-state index in [-0.39, 0.29) is 0 Å². The number of fused-ring (bicyclic) bond motifs is 3. The van der Waals surface area contributed by atoms with Gasteiger partial charge in [-0.1, -0.05) is 170 Å². The van der Waals surface area contributed by atoms with Crippen LogP contribution in [-0.2, 0) is 0 Å². The minimum Gasteiger partial charge on any atom is -0.455 e. The Morgan fingerprint density at radius 3 is 1.54 bits per heavy atom. The average molecular weight is 718 g/mol. The molecule has 0 fully saturated rings. The SMILES string of the molecule is Cc1ccccc1-c1ccc(-c2nc(-c3ccccc3)nc(-c3ccc4c(c3)oc3c(-c5ccccc5)ccc(-c5cccc(-c6ccccc6)c5)c34)n2)cc1. The third kappa shape index (κ3) is 6.13. The zero-order chi connectivity index (χ0) is 37.4. The normalized spacial score (nSPS) is 11.3. The summed E-state index contributed by atoms with van der Waals surface area (Å²) in [6.45, 7) is 2.14. The van der Waals surface area contributed by atoms with E-state index in [1.807, 2.05) is 36.4 Å². The fourth-order valence-corrected chi connectivity index (χ4v) is 7.65. The van der Waals surface area contributed by atoms with E-state index in [0.717, 1.165) is 66.4 Å². The predicted molar refractivity (Wildman–Crippen MR) is 230 cm³/mol. The summed E-state index contributed by atoms with van der Waals surface area (Å²) in [6, 6.07) is 67.4. The van der Waals surface area contributed by atoms with Crippen molar-refractivity contribution in [3.05, 3.63) is 200 Å². The smallest absolute Gasteiger partial charge is 0.164 e. The molecule has 0 N–H and O–H groups in total. The molecule has 0 aliphatic carbocycles. The molecule has 10 rings (SSSR count). The molecule has 264 valence electrons. The Balaban J connectivity index is 1.13. The number of benzene rings is 8. The molecule has 0 saturated heterocycles. The van der Waals surface area contributed by atoms with Crippen LogP contribution in [0.3, 0.4) is 0 Å². The number of nitrogens with zero attached hydrogens (tertiary/aromatic N) is 3. The summed E-state index contributed by atoms with van der Waals surface area (Å²) in [4.78, 5) is 15.1. The molecule has 2 heterocycles. The number of furan rings is 1. The highest BCUT2D eigenvalue weighted by Crippen LogP contribution is 2.43. The summed E-state index contributed by atoms with van der Waals surface area (Å²) in [5.41, 5.74) is 14.7. The Morgan fingerprint density at radius 2 is 0.839 bits per heavy atom. The van der Waals surface area contributed by atoms with Gasteiger partial charge in [0, 0.05) is 33.0 Å². The highest BCUT2D eigenvalue weighted by atomic mass is 16.3. The molecular formula is C52H35N3O. The maximum Gasteiger partial charge on any atom is 0.164 e. The molecule has 56 heavy (non-hydrogen) atoms. The average Bonchev–Trinajstić information content (AvgIpc) is 3.66. The molecule has 0 radical (unpaired) electrons. The molecule has 0 atom stereocenters. The largest absolute Gasteiger partial charge is 0.455 e. The number of aryl methyl sites for hydroxylation is 1. The van der Waals surface area contributed by atoms with Gasteiger partial charge in [-0.15, -0.1) is 0 Å². The number of hydrogen-bond acceptors (Lipinski definition) is 4. The first-order valence-electron chi connectivity index (χ1n) is 18.9. The van der Waals surface area contributed by atoms with E-state index < -0.39 is 0 Å². The van der Waals surface area contributed by atoms with Crippen LogP contribution in [0, 0.1) is 6.92 Å². The monoisotopic (exact) mass is 717 g/mol. The van der Waals surface area contributed by atoms with Crippen molar-refractivity contribution >= 4 is 21.9 Å². The van der Waals surface area contributed by atoms with Crippen LogP contribution in [0.4, 0.5) is 0 Å². The van der Waals surface area contributed by atoms with Gasteiger partial charge < -0.3 is 4.42 Å². The van der Waals surface area contributed by atoms with Crippen molar-refractivity contribution < 1.29 is 4.42 Å². The summed E-state index contributed by atoms with van der Waals surface area (Å²) in [5, 5.41) is 2.11. The number of hydrogen-bond donors (Lipinski definition) is 0. The summed E-state index contributed by atoms with van der Waals surface area (Å²) < 4.78 is 6.90. The van der Waals surface area contributed by atoms with Crippen LogP contribution in [0.15, 0.2) is 199 Å². The van der Waals surface area contributed by atoms with Crippen LogP contribution >= 0.6 is 0 Å². The van der Waals surface area contributed by atoms with E-state index in [1.54, 1.807) is 0 Å². The van der Waals surface area contributed by atoms with Gasteiger partial charge in [0.2, 0.25) is 0 Å². The minimum atomic E-state index is 0.582. The maximum absolute atomic E-state index is 6.90. The third-order valence-electron chi connectivity index (χ3n) is 10.5. The van der Waals surface area contributed by atoms with Crippen molar-refractivity contribution in [2.75, 3.05) is 0 Å². The lowest BCUT2D eigenvalue weighted by Crippen LogP contribution is -2.00. The fourth-order valence-electron chi connectivity index (χ4n) is 7.65. The van der Waals surface area contributed by atoms with Crippen molar-refractivity contribution in [3.8, 4) is 78.7 Å². The van der Waals surface area contributed by atoms with Crippen molar-refractivity contribution in [3.63, 3.8) is 0 Å². The summed E-state index contributed by atoms with van der Waals surface area (Å²) in [5.74, 6) is 1.81. The Hall–Kier alpha value is -7.43. The minimum absolute atomic E-state index is 0.582. The van der Waals surface area contributed by atoms with Gasteiger partial charge in [0.1, 0.15) is 11.2 Å². The Morgan fingerprint density at radius 1 is 0.339 bits per heavy atom. The van der Waals surface area contributed by atoms with Gasteiger partial charge in [-0.3, -0.25) is 0 Å². The quantitative estimate of drug-likeness (QED) is 0.165. The first kappa shape index (κ1) is 33.2. The zero-order valence-corrected chi connectivity index (χ0v) is 30.7. The van der Waals surface area contributed by atoms with Crippen LogP contribution in [0.1, 0.15) is 5.56 Å². The van der Waals surface area contributed by atoms with Crippen molar-refractivity contribution in [1.82, 2.24) is 15.0 Å². The molecule has 2 aromatic heterocycles. The third-order valence-corrected chi connectivity index (χ3v) is 10.5. The van der Waals surface area contributed by atoms with Gasteiger partial charge in [-0.25, -0.2) is 15.0 Å². The van der Waals surface area contributed by atoms with E-state index in [2.05, 4.69) is 165 Å². The second-order valence-electron chi connectivity index (χ2n) is 14.1. The highest BCUT2D eigenvalue weighted by molar-refractivity contribution is 6.16. The summed E-state index contributed by atoms with van der Waals surface area (Å²) >= 11 is 0. The lowest BCUT2D eigenvalue weighted by Gasteiger charge is -2.10. The van der Waals surface area contributed by atoms with Gasteiger partial charge in [-0.05, 0) is 75.7 Å². The number of rotatable bonds is 7. The van der Waals surface area contributed by atoms with Crippen LogP contribution in [0.2, 0.25) is 0 Å². The van der Waals surface area contributed by atoms with E-state index in [4.69, 9.17) is 19.4 Å². The van der Waals surface area contributed by atoms with E-state index in [9.17, 15) is 0 Å². The topological polar surface area (TPSA) is 51.8 Å². The molecule has 4 heteroatoms. The summed E-state index contributed by atoms with van der Waals surface area (Å²) in [7, 11) is 0. The molecule has 8 aromatic carbocycles. The van der Waals surface area contributed by atoms with Gasteiger partial charge in [0.05, 0.1) is 0 Å². The van der Waals surface area contributed by atoms with Crippen LogP contribution in [0.25, 0.3) is 101 Å². The van der Waals surface area contributed by atoms with E-state index in [1.165, 1.54) is 22.3 Å². The number of aromatic nitrogens is 3. The molecule has 0 aliphatic rings. The highest BCUT2D eigenvalue weighted by Gasteiger charge is 2.20. The van der Waals surface area contributed by atoms with Gasteiger partial charge in [0.15, 0.2) is 17.5 Å². The molecule has 0 aliphatic heterocycles. The van der Waals surface area contributed by atoms with Gasteiger partial charge >= 0.3 is 0 Å². The standard InChI is InChI=1S/C52H35N3O/c1-34-14-11-12-23-43(34)37-24-26-39(27-25-37)51-53-50(38-19-9-4-10-20-38)54-52(55-51)42-28-29-46-47(33-42)56-49-45(36-17-7-3-8-18-36)31-30-44(48(46)49)41-22-13-21-40(32-41)35-15-5-2-6-16-35/h2-33H,1H3. The van der Waals surface area contributed by atoms with Crippen LogP contribution in [-0.4, -0.2) is 15.0 Å². The summed E-state index contributed by atoms with van der Waals surface area (Å²) in [6.07, 6.45) is 0. The van der Waals surface area contributed by atoms with Crippen LogP contribution < -0.4 is 0 Å². The molecule has 0 saturated carbocycles. The second-order valence-corrected chi connectivity index (χ2v) is 14.1. The molecule has 0 bridgehead atoms. The lowest BCUT2D eigenvalue weighted by molar-refractivity contribution is 0.670. The van der Waals surface area contributed by atoms with Crippen molar-refractivity contribution in [2.24, 2.45) is 0 Å². The van der Waals surface area contributed by atoms with E-state index in [0.29, 0.717) is 17.5 Å². The lowest BCUT2D eigenvalue weighted by atomic mass is 9.93. The first-order chi connectivity index (χ1) is 27.7. The second kappa shape index (κ2) is 14.1. The van der Waals surface area contributed by atoms with Crippen molar-refractivity contribution in [1.29, 1.82) is 0 Å².